The molecule has 0 atom stereocenters. The summed E-state index contributed by atoms with van der Waals surface area (Å²) >= 11 is 17.5. The van der Waals surface area contributed by atoms with Gasteiger partial charge in [-0.25, -0.2) is 0 Å². The molecule has 0 aliphatic heterocycles. The van der Waals surface area contributed by atoms with Crippen LogP contribution in [-0.4, -0.2) is 5.78 Å². The highest BCUT2D eigenvalue weighted by atomic mass is 35.5. The van der Waals surface area contributed by atoms with Gasteiger partial charge < -0.3 is 0 Å². The van der Waals surface area contributed by atoms with Crippen LogP contribution in [0.2, 0.25) is 15.1 Å². The van der Waals surface area contributed by atoms with Crippen LogP contribution < -0.4 is 0 Å². The molecular formula is C15H11Cl3O. The summed E-state index contributed by atoms with van der Waals surface area (Å²) in [5.41, 5.74) is 1.82. The molecule has 2 aromatic carbocycles. The maximum absolute atomic E-state index is 12.0. The van der Waals surface area contributed by atoms with Crippen LogP contribution in [0.25, 0.3) is 0 Å². The SMILES string of the molecule is O=C(Cc1ccc(Cl)cc1)Cc1ccc(Cl)c(Cl)c1. The van der Waals surface area contributed by atoms with Gasteiger partial charge >= 0.3 is 0 Å². The highest BCUT2D eigenvalue weighted by Gasteiger charge is 2.07. The Bertz CT molecular complexity index is 591. The van der Waals surface area contributed by atoms with E-state index >= 15 is 0 Å². The topological polar surface area (TPSA) is 17.1 Å². The first-order valence-corrected chi connectivity index (χ1v) is 6.88. The zero-order chi connectivity index (χ0) is 13.8. The van der Waals surface area contributed by atoms with E-state index in [1.165, 1.54) is 0 Å². The van der Waals surface area contributed by atoms with E-state index in [9.17, 15) is 4.79 Å². The maximum Gasteiger partial charge on any atom is 0.141 e. The summed E-state index contributed by atoms with van der Waals surface area (Å²) in [6.07, 6.45) is 0.733. The van der Waals surface area contributed by atoms with E-state index in [0.717, 1.165) is 11.1 Å². The summed E-state index contributed by atoms with van der Waals surface area (Å²) in [6.45, 7) is 0. The van der Waals surface area contributed by atoms with Crippen LogP contribution in [-0.2, 0) is 17.6 Å². The van der Waals surface area contributed by atoms with E-state index in [2.05, 4.69) is 0 Å². The molecule has 0 aliphatic carbocycles. The number of benzene rings is 2. The van der Waals surface area contributed by atoms with Gasteiger partial charge in [0.2, 0.25) is 0 Å². The van der Waals surface area contributed by atoms with Crippen LogP contribution >= 0.6 is 34.8 Å². The summed E-state index contributed by atoms with van der Waals surface area (Å²) < 4.78 is 0. The van der Waals surface area contributed by atoms with Crippen LogP contribution in [0.1, 0.15) is 11.1 Å². The van der Waals surface area contributed by atoms with Crippen LogP contribution in [0.4, 0.5) is 0 Å². The van der Waals surface area contributed by atoms with Crippen LogP contribution in [0.3, 0.4) is 0 Å². The smallest absolute Gasteiger partial charge is 0.141 e. The van der Waals surface area contributed by atoms with Gasteiger partial charge in [-0.3, -0.25) is 4.79 Å². The molecule has 0 heterocycles. The number of carbonyl (C=O) groups excluding carboxylic acids is 1. The van der Waals surface area contributed by atoms with Crippen molar-refractivity contribution >= 4 is 40.6 Å². The molecular weight excluding hydrogens is 303 g/mol. The monoisotopic (exact) mass is 312 g/mol. The fourth-order valence-electron chi connectivity index (χ4n) is 1.77. The molecule has 0 N–H and O–H groups in total. The second-order valence-corrected chi connectivity index (χ2v) is 5.52. The van der Waals surface area contributed by atoms with Gasteiger partial charge in [0.25, 0.3) is 0 Å². The highest BCUT2D eigenvalue weighted by molar-refractivity contribution is 6.42. The second-order valence-electron chi connectivity index (χ2n) is 4.27. The average molecular weight is 314 g/mol. The first kappa shape index (κ1) is 14.4. The van der Waals surface area contributed by atoms with Crippen molar-refractivity contribution in [2.45, 2.75) is 12.8 Å². The Morgan fingerprint density at radius 2 is 1.37 bits per heavy atom. The quantitative estimate of drug-likeness (QED) is 0.776. The average Bonchev–Trinajstić information content (AvgIpc) is 2.37. The fraction of sp³-hybridized carbons (Fsp3) is 0.133. The molecule has 0 unspecified atom stereocenters. The molecule has 0 aromatic heterocycles. The molecule has 0 spiro atoms. The lowest BCUT2D eigenvalue weighted by Gasteiger charge is -2.04. The molecule has 1 nitrogen and oxygen atoms in total. The number of hydrogen-bond acceptors (Lipinski definition) is 1. The van der Waals surface area contributed by atoms with Gasteiger partial charge in [-0.2, -0.15) is 0 Å². The van der Waals surface area contributed by atoms with Crippen molar-refractivity contribution in [3.63, 3.8) is 0 Å². The lowest BCUT2D eigenvalue weighted by Crippen LogP contribution is -2.06. The predicted octanol–water partition coefficient (Wildman–Crippen LogP) is 5.00. The lowest BCUT2D eigenvalue weighted by molar-refractivity contribution is -0.117. The Morgan fingerprint density at radius 1 is 0.789 bits per heavy atom. The molecule has 0 saturated heterocycles. The van der Waals surface area contributed by atoms with Crippen molar-refractivity contribution in [2.24, 2.45) is 0 Å². The van der Waals surface area contributed by atoms with Crippen molar-refractivity contribution in [3.8, 4) is 0 Å². The molecule has 0 radical (unpaired) electrons. The third-order valence-electron chi connectivity index (χ3n) is 2.70. The van der Waals surface area contributed by atoms with E-state index in [1.54, 1.807) is 24.3 Å². The van der Waals surface area contributed by atoms with Gasteiger partial charge in [0, 0.05) is 17.9 Å². The normalized spacial score (nSPS) is 10.5. The lowest BCUT2D eigenvalue weighted by atomic mass is 10.0. The molecule has 4 heteroatoms. The maximum atomic E-state index is 12.0. The number of Topliss-reactive ketones (excluding diaryl/α,β-unsaturated/α-hetero) is 1. The Morgan fingerprint density at radius 3 is 2.00 bits per heavy atom. The highest BCUT2D eigenvalue weighted by Crippen LogP contribution is 2.23. The largest absolute Gasteiger partial charge is 0.299 e. The molecule has 19 heavy (non-hydrogen) atoms. The Hall–Kier alpha value is -1.02. The van der Waals surface area contributed by atoms with Crippen LogP contribution in [0, 0.1) is 0 Å². The van der Waals surface area contributed by atoms with Crippen molar-refractivity contribution < 1.29 is 4.79 Å². The summed E-state index contributed by atoms with van der Waals surface area (Å²) in [5.74, 6) is 0.126. The van der Waals surface area contributed by atoms with Crippen molar-refractivity contribution in [1.29, 1.82) is 0 Å². The molecule has 2 aromatic rings. The summed E-state index contributed by atoms with van der Waals surface area (Å²) in [4.78, 5) is 12.0. The predicted molar refractivity (Wildman–Crippen MR) is 80.3 cm³/mol. The fourth-order valence-corrected chi connectivity index (χ4v) is 2.22. The molecule has 2 rings (SSSR count). The third-order valence-corrected chi connectivity index (χ3v) is 3.69. The van der Waals surface area contributed by atoms with Crippen molar-refractivity contribution in [2.75, 3.05) is 0 Å². The van der Waals surface area contributed by atoms with Crippen molar-refractivity contribution in [3.05, 3.63) is 68.7 Å². The number of hydrogen-bond donors (Lipinski definition) is 0. The van der Waals surface area contributed by atoms with Gasteiger partial charge in [-0.05, 0) is 35.4 Å². The Kier molecular flexibility index (Phi) is 4.87. The molecule has 0 saturated carbocycles. The summed E-state index contributed by atoms with van der Waals surface area (Å²) in [5, 5.41) is 1.63. The van der Waals surface area contributed by atoms with Gasteiger partial charge in [-0.15, -0.1) is 0 Å². The van der Waals surface area contributed by atoms with Gasteiger partial charge in [-0.1, -0.05) is 53.0 Å². The van der Waals surface area contributed by atoms with Crippen LogP contribution in [0.15, 0.2) is 42.5 Å². The first-order chi connectivity index (χ1) is 9.04. The Labute approximate surface area is 127 Å². The van der Waals surface area contributed by atoms with Gasteiger partial charge in [0.15, 0.2) is 0 Å². The molecule has 0 aliphatic rings. The minimum atomic E-state index is 0.126. The van der Waals surface area contributed by atoms with E-state index < -0.39 is 0 Å². The van der Waals surface area contributed by atoms with Gasteiger partial charge in [0.05, 0.1) is 10.0 Å². The molecule has 0 fully saturated rings. The second kappa shape index (κ2) is 6.42. The van der Waals surface area contributed by atoms with Gasteiger partial charge in [0.1, 0.15) is 5.78 Å². The molecule has 0 amide bonds. The minimum Gasteiger partial charge on any atom is -0.299 e. The Balaban J connectivity index is 2.01. The number of ketones is 1. The minimum absolute atomic E-state index is 0.126. The standard InChI is InChI=1S/C15H11Cl3O/c16-12-4-1-10(2-5-12)7-13(19)8-11-3-6-14(17)15(18)9-11/h1-6,9H,7-8H2. The zero-order valence-electron chi connectivity index (χ0n) is 10.00. The number of halogens is 3. The first-order valence-electron chi connectivity index (χ1n) is 5.74. The summed E-state index contributed by atoms with van der Waals surface area (Å²) in [6, 6.07) is 12.5. The summed E-state index contributed by atoms with van der Waals surface area (Å²) in [7, 11) is 0. The third kappa shape index (κ3) is 4.24. The van der Waals surface area contributed by atoms with E-state index in [4.69, 9.17) is 34.8 Å². The van der Waals surface area contributed by atoms with Crippen molar-refractivity contribution in [1.82, 2.24) is 0 Å². The van der Waals surface area contributed by atoms with E-state index in [-0.39, 0.29) is 5.78 Å². The van der Waals surface area contributed by atoms with E-state index in [0.29, 0.717) is 27.9 Å². The van der Waals surface area contributed by atoms with Crippen LogP contribution in [0.5, 0.6) is 0 Å². The van der Waals surface area contributed by atoms with E-state index in [1.807, 2.05) is 18.2 Å². The number of rotatable bonds is 4. The number of carbonyl (C=O) groups is 1. The zero-order valence-corrected chi connectivity index (χ0v) is 12.3. The molecule has 0 bridgehead atoms. The molecule has 98 valence electrons.